The molecule has 2 atom stereocenters. The number of fused-ring (bicyclic) bond motifs is 1. The molecule has 0 radical (unpaired) electrons. The molecule has 2 amide bonds. The minimum absolute atomic E-state index is 0.0292. The predicted molar refractivity (Wildman–Crippen MR) is 139 cm³/mol. The topological polar surface area (TPSA) is 77.1 Å². The van der Waals surface area contributed by atoms with Gasteiger partial charge in [-0.2, -0.15) is 0 Å². The highest BCUT2D eigenvalue weighted by Gasteiger charge is 2.34. The maximum atomic E-state index is 13.5. The molecular weight excluding hydrogens is 456 g/mol. The SMILES string of the molecule is CC[C@@H]1Oc2ccc(NC(=O)c3cc(OC)cc(OC)c3)cc2CN([C@H](CC)c2ccccc2)C1=O. The molecule has 0 bridgehead atoms. The number of amides is 2. The molecule has 0 aromatic heterocycles. The van der Waals surface area contributed by atoms with Crippen molar-refractivity contribution in [2.24, 2.45) is 0 Å². The average molecular weight is 489 g/mol. The first-order valence-electron chi connectivity index (χ1n) is 12.2. The van der Waals surface area contributed by atoms with Crippen LogP contribution in [0.15, 0.2) is 66.7 Å². The summed E-state index contributed by atoms with van der Waals surface area (Å²) in [4.78, 5) is 28.4. The normalized spacial score (nSPS) is 15.8. The van der Waals surface area contributed by atoms with Gasteiger partial charge in [0, 0.05) is 22.9 Å². The Hall–Kier alpha value is -4.00. The van der Waals surface area contributed by atoms with E-state index in [0.29, 0.717) is 41.5 Å². The van der Waals surface area contributed by atoms with Gasteiger partial charge in [0.15, 0.2) is 6.10 Å². The fourth-order valence-corrected chi connectivity index (χ4v) is 4.52. The van der Waals surface area contributed by atoms with Gasteiger partial charge in [-0.25, -0.2) is 0 Å². The first kappa shape index (κ1) is 25.1. The Morgan fingerprint density at radius 3 is 2.33 bits per heavy atom. The number of nitrogens with zero attached hydrogens (tertiary/aromatic N) is 1. The van der Waals surface area contributed by atoms with Crippen LogP contribution in [-0.4, -0.2) is 37.0 Å². The fraction of sp³-hybridized carbons (Fsp3) is 0.310. The maximum Gasteiger partial charge on any atom is 0.264 e. The number of ether oxygens (including phenoxy) is 3. The molecule has 0 saturated carbocycles. The van der Waals surface area contributed by atoms with Crippen LogP contribution in [0.1, 0.15) is 54.2 Å². The molecule has 3 aromatic carbocycles. The Kier molecular flexibility index (Phi) is 7.78. The summed E-state index contributed by atoms with van der Waals surface area (Å²) in [7, 11) is 3.08. The number of hydrogen-bond donors (Lipinski definition) is 1. The van der Waals surface area contributed by atoms with E-state index in [0.717, 1.165) is 17.5 Å². The Morgan fingerprint density at radius 1 is 1.03 bits per heavy atom. The maximum absolute atomic E-state index is 13.5. The number of benzene rings is 3. The van der Waals surface area contributed by atoms with Crippen molar-refractivity contribution >= 4 is 17.5 Å². The van der Waals surface area contributed by atoms with Gasteiger partial charge >= 0.3 is 0 Å². The molecule has 0 aliphatic carbocycles. The first-order chi connectivity index (χ1) is 17.5. The molecule has 7 nitrogen and oxygen atoms in total. The molecule has 0 saturated heterocycles. The van der Waals surface area contributed by atoms with E-state index >= 15 is 0 Å². The molecular formula is C29H32N2O5. The molecule has 7 heteroatoms. The molecule has 0 fully saturated rings. The summed E-state index contributed by atoms with van der Waals surface area (Å²) in [6.07, 6.45) is 0.778. The minimum atomic E-state index is -0.561. The van der Waals surface area contributed by atoms with Gasteiger partial charge in [0.1, 0.15) is 17.2 Å². The van der Waals surface area contributed by atoms with E-state index in [2.05, 4.69) is 12.2 Å². The van der Waals surface area contributed by atoms with Gasteiger partial charge in [-0.3, -0.25) is 9.59 Å². The summed E-state index contributed by atoms with van der Waals surface area (Å²) in [5, 5.41) is 2.95. The van der Waals surface area contributed by atoms with Crippen molar-refractivity contribution in [1.29, 1.82) is 0 Å². The van der Waals surface area contributed by atoms with Crippen molar-refractivity contribution in [1.82, 2.24) is 4.90 Å². The van der Waals surface area contributed by atoms with Crippen molar-refractivity contribution in [3.8, 4) is 17.2 Å². The van der Waals surface area contributed by atoms with Crippen LogP contribution in [0.4, 0.5) is 5.69 Å². The third kappa shape index (κ3) is 5.30. The van der Waals surface area contributed by atoms with Crippen LogP contribution in [0.5, 0.6) is 17.2 Å². The molecule has 4 rings (SSSR count). The lowest BCUT2D eigenvalue weighted by Crippen LogP contribution is -2.41. The molecule has 0 spiro atoms. The second-order valence-corrected chi connectivity index (χ2v) is 8.69. The van der Waals surface area contributed by atoms with Crippen LogP contribution in [0.2, 0.25) is 0 Å². The second kappa shape index (κ2) is 11.2. The monoisotopic (exact) mass is 488 g/mol. The second-order valence-electron chi connectivity index (χ2n) is 8.69. The number of methoxy groups -OCH3 is 2. The van der Waals surface area contributed by atoms with E-state index < -0.39 is 6.10 Å². The standard InChI is InChI=1S/C29H32N2O5/c1-5-25(19-10-8-7-9-11-19)31-18-21-14-22(12-13-27(21)36-26(6-2)29(31)33)30-28(32)20-15-23(34-3)17-24(16-20)35-4/h7-17,25-26H,5-6,18H2,1-4H3,(H,30,32)/t25-,26+/m1/s1. The molecule has 1 N–H and O–H groups in total. The van der Waals surface area contributed by atoms with Gasteiger partial charge in [0.05, 0.1) is 26.8 Å². The summed E-state index contributed by atoms with van der Waals surface area (Å²) in [6.45, 7) is 4.42. The summed E-state index contributed by atoms with van der Waals surface area (Å²) >= 11 is 0. The lowest BCUT2D eigenvalue weighted by molar-refractivity contribution is -0.141. The Balaban J connectivity index is 1.64. The number of hydrogen-bond acceptors (Lipinski definition) is 5. The van der Waals surface area contributed by atoms with Gasteiger partial charge in [0.2, 0.25) is 0 Å². The quantitative estimate of drug-likeness (QED) is 0.446. The van der Waals surface area contributed by atoms with Crippen molar-refractivity contribution in [3.63, 3.8) is 0 Å². The number of nitrogens with one attached hydrogen (secondary N) is 1. The molecule has 36 heavy (non-hydrogen) atoms. The summed E-state index contributed by atoms with van der Waals surface area (Å²) in [5.41, 5.74) is 2.95. The summed E-state index contributed by atoms with van der Waals surface area (Å²) in [5.74, 6) is 1.39. The van der Waals surface area contributed by atoms with Gasteiger partial charge in [0.25, 0.3) is 11.8 Å². The fourth-order valence-electron chi connectivity index (χ4n) is 4.52. The molecule has 1 heterocycles. The van der Waals surface area contributed by atoms with Crippen molar-refractivity contribution in [2.75, 3.05) is 19.5 Å². The highest BCUT2D eigenvalue weighted by molar-refractivity contribution is 6.05. The Bertz CT molecular complexity index is 1210. The molecule has 3 aromatic rings. The highest BCUT2D eigenvalue weighted by Crippen LogP contribution is 2.35. The van der Waals surface area contributed by atoms with Gasteiger partial charge in [-0.1, -0.05) is 44.2 Å². The highest BCUT2D eigenvalue weighted by atomic mass is 16.5. The number of rotatable bonds is 8. The molecule has 188 valence electrons. The lowest BCUT2D eigenvalue weighted by Gasteiger charge is -2.32. The van der Waals surface area contributed by atoms with E-state index in [-0.39, 0.29) is 17.9 Å². The van der Waals surface area contributed by atoms with Crippen molar-refractivity contribution in [2.45, 2.75) is 45.4 Å². The van der Waals surface area contributed by atoms with Gasteiger partial charge < -0.3 is 24.4 Å². The number of carbonyl (C=O) groups excluding carboxylic acids is 2. The van der Waals surface area contributed by atoms with E-state index in [9.17, 15) is 9.59 Å². The van der Waals surface area contributed by atoms with Crippen LogP contribution >= 0.6 is 0 Å². The number of carbonyl (C=O) groups is 2. The zero-order valence-corrected chi connectivity index (χ0v) is 21.1. The van der Waals surface area contributed by atoms with Crippen LogP contribution in [0, 0.1) is 0 Å². The van der Waals surface area contributed by atoms with E-state index in [1.807, 2.05) is 54.3 Å². The van der Waals surface area contributed by atoms with Gasteiger partial charge in [-0.15, -0.1) is 0 Å². The van der Waals surface area contributed by atoms with E-state index in [1.165, 1.54) is 0 Å². The third-order valence-corrected chi connectivity index (χ3v) is 6.42. The smallest absolute Gasteiger partial charge is 0.264 e. The zero-order chi connectivity index (χ0) is 25.7. The Labute approximate surface area is 212 Å². The third-order valence-electron chi connectivity index (χ3n) is 6.42. The lowest BCUT2D eigenvalue weighted by atomic mass is 10.0. The summed E-state index contributed by atoms with van der Waals surface area (Å²) in [6, 6.07) is 20.5. The zero-order valence-electron chi connectivity index (χ0n) is 21.1. The Morgan fingerprint density at radius 2 is 1.72 bits per heavy atom. The van der Waals surface area contributed by atoms with Crippen LogP contribution < -0.4 is 19.5 Å². The van der Waals surface area contributed by atoms with Crippen molar-refractivity contribution < 1.29 is 23.8 Å². The largest absolute Gasteiger partial charge is 0.497 e. The molecule has 0 unspecified atom stereocenters. The van der Waals surface area contributed by atoms with Gasteiger partial charge in [-0.05, 0) is 48.7 Å². The number of anilines is 1. The van der Waals surface area contributed by atoms with Crippen LogP contribution in [-0.2, 0) is 11.3 Å². The molecule has 1 aliphatic rings. The average Bonchev–Trinajstić information content (AvgIpc) is 3.05. The predicted octanol–water partition coefficient (Wildman–Crippen LogP) is 5.61. The van der Waals surface area contributed by atoms with E-state index in [1.54, 1.807) is 38.5 Å². The van der Waals surface area contributed by atoms with E-state index in [4.69, 9.17) is 14.2 Å². The van der Waals surface area contributed by atoms with Crippen molar-refractivity contribution in [3.05, 3.63) is 83.4 Å². The van der Waals surface area contributed by atoms with Crippen LogP contribution in [0.25, 0.3) is 0 Å². The first-order valence-corrected chi connectivity index (χ1v) is 12.2. The van der Waals surface area contributed by atoms with Crippen LogP contribution in [0.3, 0.4) is 0 Å². The summed E-state index contributed by atoms with van der Waals surface area (Å²) < 4.78 is 16.7. The minimum Gasteiger partial charge on any atom is -0.497 e. The molecule has 1 aliphatic heterocycles.